The molecule has 2 aromatic rings. The van der Waals surface area contributed by atoms with Crippen molar-refractivity contribution >= 4 is 17.9 Å². The number of aldehydes is 1. The zero-order valence-electron chi connectivity index (χ0n) is 10.9. The second-order valence-electron chi connectivity index (χ2n) is 4.60. The fourth-order valence-electron chi connectivity index (χ4n) is 1.76. The Labute approximate surface area is 118 Å². The average molecular weight is 275 g/mol. The number of benzene rings is 2. The summed E-state index contributed by atoms with van der Waals surface area (Å²) in [4.78, 5) is 11.0. The molecule has 0 saturated heterocycles. The third-order valence-corrected chi connectivity index (χ3v) is 3.19. The average Bonchev–Trinajstić information content (AvgIpc) is 2.41. The van der Waals surface area contributed by atoms with Crippen molar-refractivity contribution in [1.29, 1.82) is 0 Å². The standard InChI is InChI=1S/C16H15ClO2/c1-11(2)12-6-8-14(9-7-12)19-16-13(10-18)4-3-5-15(16)17/h3-11H,1-2H3. The van der Waals surface area contributed by atoms with Gasteiger partial charge in [-0.05, 0) is 35.7 Å². The van der Waals surface area contributed by atoms with Gasteiger partial charge in [-0.15, -0.1) is 0 Å². The Morgan fingerprint density at radius 1 is 1.11 bits per heavy atom. The zero-order chi connectivity index (χ0) is 13.8. The summed E-state index contributed by atoms with van der Waals surface area (Å²) in [6, 6.07) is 12.9. The summed E-state index contributed by atoms with van der Waals surface area (Å²) >= 11 is 6.06. The van der Waals surface area contributed by atoms with Gasteiger partial charge < -0.3 is 4.74 Å². The summed E-state index contributed by atoms with van der Waals surface area (Å²) in [5.41, 5.74) is 1.68. The molecular weight excluding hydrogens is 260 g/mol. The maximum atomic E-state index is 11.0. The molecule has 0 saturated carbocycles. The topological polar surface area (TPSA) is 26.3 Å². The highest BCUT2D eigenvalue weighted by molar-refractivity contribution is 6.32. The quantitative estimate of drug-likeness (QED) is 0.728. The van der Waals surface area contributed by atoms with Crippen molar-refractivity contribution in [3.63, 3.8) is 0 Å². The van der Waals surface area contributed by atoms with E-state index in [4.69, 9.17) is 16.3 Å². The first-order chi connectivity index (χ1) is 9.11. The van der Waals surface area contributed by atoms with Gasteiger partial charge in [0.15, 0.2) is 12.0 Å². The lowest BCUT2D eigenvalue weighted by molar-refractivity contribution is 0.112. The third-order valence-electron chi connectivity index (χ3n) is 2.89. The van der Waals surface area contributed by atoms with E-state index in [0.29, 0.717) is 28.0 Å². The molecule has 0 fully saturated rings. The molecule has 2 nitrogen and oxygen atoms in total. The van der Waals surface area contributed by atoms with Crippen molar-refractivity contribution < 1.29 is 9.53 Å². The molecule has 0 aliphatic heterocycles. The lowest BCUT2D eigenvalue weighted by atomic mass is 10.0. The normalized spacial score (nSPS) is 10.5. The fourth-order valence-corrected chi connectivity index (χ4v) is 1.99. The molecule has 0 aliphatic carbocycles. The first kappa shape index (κ1) is 13.6. The Kier molecular flexibility index (Phi) is 4.23. The van der Waals surface area contributed by atoms with E-state index in [2.05, 4.69) is 13.8 Å². The maximum Gasteiger partial charge on any atom is 0.156 e. The summed E-state index contributed by atoms with van der Waals surface area (Å²) in [5, 5.41) is 0.428. The van der Waals surface area contributed by atoms with Gasteiger partial charge in [-0.1, -0.05) is 43.6 Å². The molecule has 0 atom stereocenters. The van der Waals surface area contributed by atoms with Gasteiger partial charge in [0.2, 0.25) is 0 Å². The summed E-state index contributed by atoms with van der Waals surface area (Å²) in [6.45, 7) is 4.27. The molecule has 0 spiro atoms. The van der Waals surface area contributed by atoms with Crippen LogP contribution in [-0.2, 0) is 0 Å². The predicted molar refractivity (Wildman–Crippen MR) is 77.4 cm³/mol. The number of para-hydroxylation sites is 1. The van der Waals surface area contributed by atoms with E-state index >= 15 is 0 Å². The Bertz CT molecular complexity index is 574. The molecule has 0 radical (unpaired) electrons. The molecule has 98 valence electrons. The smallest absolute Gasteiger partial charge is 0.156 e. The maximum absolute atomic E-state index is 11.0. The molecule has 3 heteroatoms. The van der Waals surface area contributed by atoms with E-state index in [-0.39, 0.29) is 0 Å². The van der Waals surface area contributed by atoms with E-state index in [1.807, 2.05) is 24.3 Å². The molecule has 0 amide bonds. The predicted octanol–water partition coefficient (Wildman–Crippen LogP) is 5.07. The lowest BCUT2D eigenvalue weighted by Gasteiger charge is -2.11. The minimum absolute atomic E-state index is 0.400. The van der Waals surface area contributed by atoms with Crippen LogP contribution < -0.4 is 4.74 Å². The van der Waals surface area contributed by atoms with Gasteiger partial charge in [-0.25, -0.2) is 0 Å². The minimum Gasteiger partial charge on any atom is -0.455 e. The molecule has 0 bridgehead atoms. The second kappa shape index (κ2) is 5.89. The number of hydrogen-bond donors (Lipinski definition) is 0. The first-order valence-corrected chi connectivity index (χ1v) is 6.51. The van der Waals surface area contributed by atoms with E-state index < -0.39 is 0 Å². The summed E-state index contributed by atoms with van der Waals surface area (Å²) in [6.07, 6.45) is 0.740. The highest BCUT2D eigenvalue weighted by Crippen LogP contribution is 2.32. The van der Waals surface area contributed by atoms with Crippen LogP contribution in [0.15, 0.2) is 42.5 Å². The van der Waals surface area contributed by atoms with Gasteiger partial charge in [-0.2, -0.15) is 0 Å². The number of carbonyl (C=O) groups is 1. The molecular formula is C16H15ClO2. The monoisotopic (exact) mass is 274 g/mol. The minimum atomic E-state index is 0.400. The molecule has 0 heterocycles. The Balaban J connectivity index is 2.28. The molecule has 0 unspecified atom stereocenters. The van der Waals surface area contributed by atoms with E-state index in [1.165, 1.54) is 5.56 Å². The van der Waals surface area contributed by atoms with Crippen LogP contribution in [0, 0.1) is 0 Å². The highest BCUT2D eigenvalue weighted by atomic mass is 35.5. The summed E-state index contributed by atoms with van der Waals surface area (Å²) in [7, 11) is 0. The number of ether oxygens (including phenoxy) is 1. The Morgan fingerprint density at radius 2 is 1.79 bits per heavy atom. The fraction of sp³-hybridized carbons (Fsp3) is 0.188. The van der Waals surface area contributed by atoms with Crippen molar-refractivity contribution in [1.82, 2.24) is 0 Å². The molecule has 0 aromatic heterocycles. The molecule has 0 N–H and O–H groups in total. The van der Waals surface area contributed by atoms with Crippen molar-refractivity contribution in [3.8, 4) is 11.5 Å². The van der Waals surface area contributed by atoms with Gasteiger partial charge in [0.1, 0.15) is 5.75 Å². The van der Waals surface area contributed by atoms with Crippen LogP contribution in [0.3, 0.4) is 0 Å². The van der Waals surface area contributed by atoms with Gasteiger partial charge in [-0.3, -0.25) is 4.79 Å². The van der Waals surface area contributed by atoms with Gasteiger partial charge in [0.05, 0.1) is 10.6 Å². The van der Waals surface area contributed by atoms with Crippen LogP contribution in [0.4, 0.5) is 0 Å². The Morgan fingerprint density at radius 3 is 2.37 bits per heavy atom. The lowest BCUT2D eigenvalue weighted by Crippen LogP contribution is -1.92. The highest BCUT2D eigenvalue weighted by Gasteiger charge is 2.09. The van der Waals surface area contributed by atoms with Crippen molar-refractivity contribution in [2.45, 2.75) is 19.8 Å². The van der Waals surface area contributed by atoms with Crippen LogP contribution in [0.25, 0.3) is 0 Å². The van der Waals surface area contributed by atoms with E-state index in [0.717, 1.165) is 6.29 Å². The number of hydrogen-bond acceptors (Lipinski definition) is 2. The molecule has 2 aromatic carbocycles. The van der Waals surface area contributed by atoms with Gasteiger partial charge in [0.25, 0.3) is 0 Å². The van der Waals surface area contributed by atoms with Crippen molar-refractivity contribution in [2.24, 2.45) is 0 Å². The molecule has 19 heavy (non-hydrogen) atoms. The van der Waals surface area contributed by atoms with Gasteiger partial charge >= 0.3 is 0 Å². The second-order valence-corrected chi connectivity index (χ2v) is 5.01. The number of carbonyl (C=O) groups excluding carboxylic acids is 1. The summed E-state index contributed by atoms with van der Waals surface area (Å²) < 4.78 is 5.70. The SMILES string of the molecule is CC(C)c1ccc(Oc2c(Cl)cccc2C=O)cc1. The van der Waals surface area contributed by atoms with Crippen LogP contribution in [0.1, 0.15) is 35.7 Å². The van der Waals surface area contributed by atoms with Crippen LogP contribution in [0.5, 0.6) is 11.5 Å². The zero-order valence-corrected chi connectivity index (χ0v) is 11.6. The third kappa shape index (κ3) is 3.15. The van der Waals surface area contributed by atoms with E-state index in [1.54, 1.807) is 18.2 Å². The molecule has 0 aliphatic rings. The van der Waals surface area contributed by atoms with Crippen molar-refractivity contribution in [2.75, 3.05) is 0 Å². The number of halogens is 1. The van der Waals surface area contributed by atoms with Gasteiger partial charge in [0, 0.05) is 0 Å². The number of rotatable bonds is 4. The largest absolute Gasteiger partial charge is 0.455 e. The van der Waals surface area contributed by atoms with Crippen LogP contribution in [0.2, 0.25) is 5.02 Å². The van der Waals surface area contributed by atoms with E-state index in [9.17, 15) is 4.79 Å². The summed E-state index contributed by atoms with van der Waals surface area (Å²) in [5.74, 6) is 1.54. The van der Waals surface area contributed by atoms with Crippen LogP contribution >= 0.6 is 11.6 Å². The Hall–Kier alpha value is -1.80. The van der Waals surface area contributed by atoms with Crippen molar-refractivity contribution in [3.05, 3.63) is 58.6 Å². The van der Waals surface area contributed by atoms with Crippen LogP contribution in [-0.4, -0.2) is 6.29 Å². The molecule has 2 rings (SSSR count). The first-order valence-electron chi connectivity index (χ1n) is 6.13.